The third kappa shape index (κ3) is 4.51. The van der Waals surface area contributed by atoms with Gasteiger partial charge in [-0.2, -0.15) is 0 Å². The Bertz CT molecular complexity index is 1670. The molecule has 210 valence electrons. The smallest absolute Gasteiger partial charge is 0.175 e. The number of piperazine rings is 2. The topological polar surface area (TPSA) is 73.0 Å². The van der Waals surface area contributed by atoms with Gasteiger partial charge in [0.2, 0.25) is 0 Å². The van der Waals surface area contributed by atoms with E-state index in [1.54, 1.807) is 14.2 Å². The number of rotatable bonds is 6. The number of ether oxygens (including phenoxy) is 2. The van der Waals surface area contributed by atoms with Crippen molar-refractivity contribution in [1.29, 1.82) is 0 Å². The number of anilines is 4. The molecule has 3 aromatic carbocycles. The average molecular weight is 550 g/mol. The molecule has 0 radical (unpaired) electrons. The van der Waals surface area contributed by atoms with Crippen molar-refractivity contribution in [2.24, 2.45) is 0 Å². The van der Waals surface area contributed by atoms with E-state index in [9.17, 15) is 0 Å². The number of para-hydroxylation sites is 5. The number of aromatic amines is 1. The maximum atomic E-state index is 5.62. The van der Waals surface area contributed by atoms with Gasteiger partial charge in [0, 0.05) is 63.3 Å². The molecule has 2 aliphatic rings. The Labute approximate surface area is 239 Å². The summed E-state index contributed by atoms with van der Waals surface area (Å²) in [4.78, 5) is 13.2. The van der Waals surface area contributed by atoms with Gasteiger partial charge in [-0.05, 0) is 30.3 Å². The highest BCUT2D eigenvalue weighted by molar-refractivity contribution is 6.15. The van der Waals surface area contributed by atoms with Gasteiger partial charge in [0.15, 0.2) is 11.6 Å². The standard InChI is InChI=1S/C32H35N7O2/c1-40-27-13-7-5-11-25(27)36-15-19-38(20-16-36)31-29-23-9-3-4-10-24(23)33-30(29)32(35-34-31)39-21-17-37(18-22-39)26-12-6-8-14-28(26)41-2/h3-14,33H,15-22H2,1-2H3. The van der Waals surface area contributed by atoms with Crippen LogP contribution in [0.25, 0.3) is 21.8 Å². The lowest BCUT2D eigenvalue weighted by molar-refractivity contribution is 0.413. The lowest BCUT2D eigenvalue weighted by Crippen LogP contribution is -2.48. The highest BCUT2D eigenvalue weighted by Crippen LogP contribution is 2.38. The second-order valence-electron chi connectivity index (χ2n) is 10.6. The molecule has 7 rings (SSSR count). The van der Waals surface area contributed by atoms with Crippen LogP contribution >= 0.6 is 0 Å². The van der Waals surface area contributed by atoms with Crippen molar-refractivity contribution in [3.8, 4) is 11.5 Å². The molecule has 2 aliphatic heterocycles. The molecule has 2 fully saturated rings. The number of aromatic nitrogens is 3. The Balaban J connectivity index is 1.17. The van der Waals surface area contributed by atoms with Crippen LogP contribution < -0.4 is 29.1 Å². The maximum absolute atomic E-state index is 5.62. The fourth-order valence-electron chi connectivity index (χ4n) is 6.28. The first-order valence-electron chi connectivity index (χ1n) is 14.3. The van der Waals surface area contributed by atoms with Gasteiger partial charge in [0.1, 0.15) is 11.5 Å². The Kier molecular flexibility index (Phi) is 6.62. The van der Waals surface area contributed by atoms with E-state index in [0.29, 0.717) is 0 Å². The van der Waals surface area contributed by atoms with Crippen molar-refractivity contribution in [3.05, 3.63) is 72.8 Å². The van der Waals surface area contributed by atoms with Gasteiger partial charge in [-0.1, -0.05) is 42.5 Å². The number of nitrogens with zero attached hydrogens (tertiary/aromatic N) is 6. The molecular formula is C32H35N7O2. The summed E-state index contributed by atoms with van der Waals surface area (Å²) >= 11 is 0. The van der Waals surface area contributed by atoms with E-state index in [-0.39, 0.29) is 0 Å². The first-order chi connectivity index (χ1) is 20.2. The molecular weight excluding hydrogens is 514 g/mol. The second kappa shape index (κ2) is 10.7. The van der Waals surface area contributed by atoms with E-state index in [4.69, 9.17) is 19.7 Å². The summed E-state index contributed by atoms with van der Waals surface area (Å²) < 4.78 is 11.2. The molecule has 2 saturated heterocycles. The zero-order valence-corrected chi connectivity index (χ0v) is 23.6. The monoisotopic (exact) mass is 549 g/mol. The van der Waals surface area contributed by atoms with Crippen LogP contribution in [0.5, 0.6) is 11.5 Å². The molecule has 1 N–H and O–H groups in total. The van der Waals surface area contributed by atoms with Gasteiger partial charge in [-0.15, -0.1) is 10.2 Å². The highest BCUT2D eigenvalue weighted by Gasteiger charge is 2.28. The van der Waals surface area contributed by atoms with Crippen LogP contribution in [0.4, 0.5) is 23.0 Å². The minimum Gasteiger partial charge on any atom is -0.495 e. The van der Waals surface area contributed by atoms with E-state index in [0.717, 1.165) is 103 Å². The molecule has 5 aromatic rings. The fraction of sp³-hybridized carbons (Fsp3) is 0.312. The zero-order valence-electron chi connectivity index (χ0n) is 23.6. The van der Waals surface area contributed by atoms with Crippen LogP contribution in [-0.2, 0) is 0 Å². The summed E-state index contributed by atoms with van der Waals surface area (Å²) in [7, 11) is 3.47. The summed E-state index contributed by atoms with van der Waals surface area (Å²) in [5, 5.41) is 12.1. The third-order valence-electron chi connectivity index (χ3n) is 8.40. The summed E-state index contributed by atoms with van der Waals surface area (Å²) in [6.07, 6.45) is 0. The molecule has 0 saturated carbocycles. The van der Waals surface area contributed by atoms with Gasteiger partial charge in [-0.3, -0.25) is 0 Å². The number of nitrogens with one attached hydrogen (secondary N) is 1. The van der Waals surface area contributed by atoms with Gasteiger partial charge < -0.3 is 34.1 Å². The largest absolute Gasteiger partial charge is 0.495 e. The predicted octanol–water partition coefficient (Wildman–Crippen LogP) is 4.78. The number of H-pyrrole nitrogens is 1. The Morgan fingerprint density at radius 2 is 1.02 bits per heavy atom. The quantitative estimate of drug-likeness (QED) is 0.325. The normalized spacial score (nSPS) is 16.0. The lowest BCUT2D eigenvalue weighted by atomic mass is 10.1. The van der Waals surface area contributed by atoms with Gasteiger partial charge >= 0.3 is 0 Å². The molecule has 2 aromatic heterocycles. The minimum atomic E-state index is 0.855. The second-order valence-corrected chi connectivity index (χ2v) is 10.6. The van der Waals surface area contributed by atoms with Crippen LogP contribution in [-0.4, -0.2) is 81.8 Å². The van der Waals surface area contributed by atoms with Crippen molar-refractivity contribution in [2.75, 3.05) is 86.2 Å². The van der Waals surface area contributed by atoms with Gasteiger partial charge in [0.05, 0.1) is 36.5 Å². The summed E-state index contributed by atoms with van der Waals surface area (Å²) in [5.74, 6) is 3.70. The van der Waals surface area contributed by atoms with Gasteiger partial charge in [0.25, 0.3) is 0 Å². The van der Waals surface area contributed by atoms with Gasteiger partial charge in [-0.25, -0.2) is 0 Å². The van der Waals surface area contributed by atoms with E-state index < -0.39 is 0 Å². The minimum absolute atomic E-state index is 0.855. The van der Waals surface area contributed by atoms with Crippen LogP contribution in [0.1, 0.15) is 0 Å². The predicted molar refractivity (Wildman–Crippen MR) is 166 cm³/mol. The van der Waals surface area contributed by atoms with Crippen molar-refractivity contribution in [2.45, 2.75) is 0 Å². The lowest BCUT2D eigenvalue weighted by Gasteiger charge is -2.38. The van der Waals surface area contributed by atoms with E-state index in [1.807, 2.05) is 24.3 Å². The molecule has 0 unspecified atom stereocenters. The zero-order chi connectivity index (χ0) is 27.8. The highest BCUT2D eigenvalue weighted by atomic mass is 16.5. The Morgan fingerprint density at radius 1 is 0.561 bits per heavy atom. The number of methoxy groups -OCH3 is 2. The number of fused-ring (bicyclic) bond motifs is 3. The summed E-state index contributed by atoms with van der Waals surface area (Å²) in [6.45, 7) is 6.97. The molecule has 9 heteroatoms. The van der Waals surface area contributed by atoms with Crippen LogP contribution in [0.15, 0.2) is 72.8 Å². The third-order valence-corrected chi connectivity index (χ3v) is 8.40. The first kappa shape index (κ1) is 25.3. The molecule has 0 spiro atoms. The van der Waals surface area contributed by atoms with Crippen LogP contribution in [0.2, 0.25) is 0 Å². The summed E-state index contributed by atoms with van der Waals surface area (Å²) in [6, 6.07) is 25.0. The number of benzene rings is 3. The maximum Gasteiger partial charge on any atom is 0.175 e. The first-order valence-corrected chi connectivity index (χ1v) is 14.3. The Morgan fingerprint density at radius 3 is 1.61 bits per heavy atom. The van der Waals surface area contributed by atoms with Crippen LogP contribution in [0.3, 0.4) is 0 Å². The molecule has 0 atom stereocenters. The SMILES string of the molecule is COc1ccccc1N1CCN(c2nnc(N3CCN(c4ccccc4OC)CC3)c3c2[nH]c2ccccc23)CC1. The molecule has 9 nitrogen and oxygen atoms in total. The average Bonchev–Trinajstić information content (AvgIpc) is 3.44. The molecule has 0 amide bonds. The Hall–Kier alpha value is -4.66. The van der Waals surface area contributed by atoms with Crippen molar-refractivity contribution >= 4 is 44.8 Å². The summed E-state index contributed by atoms with van der Waals surface area (Å²) in [5.41, 5.74) is 4.45. The van der Waals surface area contributed by atoms with Crippen molar-refractivity contribution in [1.82, 2.24) is 15.2 Å². The fourth-order valence-corrected chi connectivity index (χ4v) is 6.28. The van der Waals surface area contributed by atoms with Crippen molar-refractivity contribution in [3.63, 3.8) is 0 Å². The van der Waals surface area contributed by atoms with E-state index in [1.165, 1.54) is 5.39 Å². The number of hydrogen-bond acceptors (Lipinski definition) is 8. The van der Waals surface area contributed by atoms with Crippen molar-refractivity contribution < 1.29 is 9.47 Å². The molecule has 4 heterocycles. The number of hydrogen-bond donors (Lipinski definition) is 1. The molecule has 0 bridgehead atoms. The molecule has 0 aliphatic carbocycles. The van der Waals surface area contributed by atoms with E-state index in [2.05, 4.69) is 73.1 Å². The van der Waals surface area contributed by atoms with Crippen LogP contribution in [0, 0.1) is 0 Å². The molecule has 41 heavy (non-hydrogen) atoms. The van der Waals surface area contributed by atoms with E-state index >= 15 is 0 Å².